The van der Waals surface area contributed by atoms with E-state index < -0.39 is 11.8 Å². The monoisotopic (exact) mass is 408 g/mol. The molecular weight excluding hydrogens is 376 g/mol. The minimum Gasteiger partial charge on any atom is -0.491 e. The number of unbranched alkanes of at least 4 members (excludes halogenated alkanes) is 1. The first kappa shape index (κ1) is 21.9. The number of hydrogen-bond acceptors (Lipinski definition) is 3. The lowest BCUT2D eigenvalue weighted by atomic mass is 10.0. The molecule has 2 aromatic carbocycles. The van der Waals surface area contributed by atoms with Crippen molar-refractivity contribution >= 4 is 23.2 Å². The quantitative estimate of drug-likeness (QED) is 0.550. The molecule has 30 heavy (non-hydrogen) atoms. The first-order chi connectivity index (χ1) is 14.6. The minimum absolute atomic E-state index is 0.484. The fourth-order valence-corrected chi connectivity index (χ4v) is 3.90. The number of para-hydroxylation sites is 2. The third kappa shape index (κ3) is 5.62. The molecule has 5 heteroatoms. The van der Waals surface area contributed by atoms with Gasteiger partial charge in [-0.15, -0.1) is 0 Å². The van der Waals surface area contributed by atoms with Crippen molar-refractivity contribution in [2.24, 2.45) is 5.92 Å². The van der Waals surface area contributed by atoms with Crippen LogP contribution in [0.4, 0.5) is 11.4 Å². The van der Waals surface area contributed by atoms with Crippen LogP contribution in [0.15, 0.2) is 42.5 Å². The molecule has 0 radical (unpaired) electrons. The molecule has 1 aliphatic rings. The molecule has 2 N–H and O–H groups in total. The molecule has 1 unspecified atom stereocenters. The maximum Gasteiger partial charge on any atom is 0.314 e. The molecule has 0 heterocycles. The highest BCUT2D eigenvalue weighted by Gasteiger charge is 2.20. The second-order valence-electron chi connectivity index (χ2n) is 7.93. The van der Waals surface area contributed by atoms with E-state index in [1.807, 2.05) is 30.3 Å². The highest BCUT2D eigenvalue weighted by molar-refractivity contribution is 6.43. The fourth-order valence-electron chi connectivity index (χ4n) is 3.90. The summed E-state index contributed by atoms with van der Waals surface area (Å²) in [6.07, 6.45) is 7.57. The molecule has 0 saturated heterocycles. The van der Waals surface area contributed by atoms with Gasteiger partial charge in [0.05, 0.1) is 12.3 Å². The van der Waals surface area contributed by atoms with Crippen molar-refractivity contribution in [2.75, 3.05) is 17.2 Å². The van der Waals surface area contributed by atoms with Crippen LogP contribution in [0.1, 0.15) is 57.1 Å². The van der Waals surface area contributed by atoms with Crippen molar-refractivity contribution in [1.29, 1.82) is 0 Å². The van der Waals surface area contributed by atoms with Gasteiger partial charge in [0, 0.05) is 5.69 Å². The fraction of sp³-hybridized carbons (Fsp3) is 0.440. The van der Waals surface area contributed by atoms with Gasteiger partial charge in [0.1, 0.15) is 5.75 Å². The molecule has 0 aromatic heterocycles. The van der Waals surface area contributed by atoms with Crippen molar-refractivity contribution in [3.05, 3.63) is 53.6 Å². The number of ether oxygens (including phenoxy) is 1. The molecule has 1 aliphatic carbocycles. The van der Waals surface area contributed by atoms with Crippen molar-refractivity contribution in [1.82, 2.24) is 0 Å². The Kier molecular flexibility index (Phi) is 7.89. The summed E-state index contributed by atoms with van der Waals surface area (Å²) in [6, 6.07) is 13.1. The summed E-state index contributed by atoms with van der Waals surface area (Å²) in [5.74, 6) is -0.287. The smallest absolute Gasteiger partial charge is 0.314 e. The predicted octanol–water partition coefficient (Wildman–Crippen LogP) is 5.35. The molecule has 0 spiro atoms. The first-order valence-corrected chi connectivity index (χ1v) is 11.1. The van der Waals surface area contributed by atoms with Crippen molar-refractivity contribution in [3.8, 4) is 5.75 Å². The second kappa shape index (κ2) is 10.8. The highest BCUT2D eigenvalue weighted by Crippen LogP contribution is 2.29. The topological polar surface area (TPSA) is 67.4 Å². The molecule has 2 aromatic rings. The Morgan fingerprint density at radius 2 is 1.70 bits per heavy atom. The van der Waals surface area contributed by atoms with Gasteiger partial charge in [-0.3, -0.25) is 9.59 Å². The van der Waals surface area contributed by atoms with Gasteiger partial charge in [-0.05, 0) is 60.9 Å². The third-order valence-electron chi connectivity index (χ3n) is 5.75. The number of carbonyl (C=O) groups is 2. The summed E-state index contributed by atoms with van der Waals surface area (Å²) in [5, 5.41) is 5.48. The van der Waals surface area contributed by atoms with E-state index in [9.17, 15) is 9.59 Å². The molecule has 5 nitrogen and oxygen atoms in total. The average molecular weight is 409 g/mol. The van der Waals surface area contributed by atoms with Crippen molar-refractivity contribution < 1.29 is 14.3 Å². The van der Waals surface area contributed by atoms with Crippen LogP contribution >= 0.6 is 0 Å². The van der Waals surface area contributed by atoms with E-state index in [0.29, 0.717) is 24.0 Å². The lowest BCUT2D eigenvalue weighted by Gasteiger charge is -2.18. The van der Waals surface area contributed by atoms with Gasteiger partial charge in [0.15, 0.2) is 0 Å². The summed E-state index contributed by atoms with van der Waals surface area (Å²) >= 11 is 0. The molecule has 1 atom stereocenters. The summed E-state index contributed by atoms with van der Waals surface area (Å²) in [5.41, 5.74) is 3.64. The number of amides is 2. The molecule has 0 bridgehead atoms. The van der Waals surface area contributed by atoms with E-state index in [4.69, 9.17) is 4.74 Å². The Labute approximate surface area is 179 Å². The normalized spacial score (nSPS) is 13.4. The van der Waals surface area contributed by atoms with E-state index in [1.54, 1.807) is 6.07 Å². The number of benzene rings is 2. The molecule has 2 amide bonds. The lowest BCUT2D eigenvalue weighted by molar-refractivity contribution is -0.133. The van der Waals surface area contributed by atoms with Crippen molar-refractivity contribution in [2.45, 2.75) is 58.8 Å². The minimum atomic E-state index is -0.695. The number of anilines is 2. The average Bonchev–Trinajstić information content (AvgIpc) is 3.25. The largest absolute Gasteiger partial charge is 0.491 e. The molecule has 0 saturated carbocycles. The maximum absolute atomic E-state index is 12.5. The summed E-state index contributed by atoms with van der Waals surface area (Å²) in [6.45, 7) is 4.96. The van der Waals surface area contributed by atoms with Crippen LogP contribution in [0.3, 0.4) is 0 Å². The Morgan fingerprint density at radius 3 is 2.47 bits per heavy atom. The van der Waals surface area contributed by atoms with Gasteiger partial charge in [-0.1, -0.05) is 57.4 Å². The van der Waals surface area contributed by atoms with Crippen LogP contribution in [0.2, 0.25) is 0 Å². The SMILES string of the molecule is CCCCC(CC)COc1ccccc1NC(=O)C(=O)Nc1cccc2c1CCC2. The molecule has 3 rings (SSSR count). The number of rotatable bonds is 9. The molecule has 160 valence electrons. The van der Waals surface area contributed by atoms with Crippen LogP contribution in [0.25, 0.3) is 0 Å². The Hall–Kier alpha value is -2.82. The van der Waals surface area contributed by atoms with E-state index in [1.165, 1.54) is 18.4 Å². The number of hydrogen-bond donors (Lipinski definition) is 2. The van der Waals surface area contributed by atoms with E-state index in [2.05, 4.69) is 30.5 Å². The highest BCUT2D eigenvalue weighted by atomic mass is 16.5. The molecule has 0 fully saturated rings. The third-order valence-corrected chi connectivity index (χ3v) is 5.75. The van der Waals surface area contributed by atoms with Gasteiger partial charge in [0.2, 0.25) is 0 Å². The Balaban J connectivity index is 1.61. The zero-order chi connectivity index (χ0) is 21.3. The molecular formula is C25H32N2O3. The lowest BCUT2D eigenvalue weighted by Crippen LogP contribution is -2.29. The number of nitrogens with one attached hydrogen (secondary N) is 2. The number of carbonyl (C=O) groups excluding carboxylic acids is 2. The second-order valence-corrected chi connectivity index (χ2v) is 7.93. The van der Waals surface area contributed by atoms with Gasteiger partial charge >= 0.3 is 11.8 Å². The van der Waals surface area contributed by atoms with Crippen LogP contribution < -0.4 is 15.4 Å². The van der Waals surface area contributed by atoms with Crippen LogP contribution in [-0.2, 0) is 22.4 Å². The summed E-state index contributed by atoms with van der Waals surface area (Å²) < 4.78 is 6.00. The Bertz CT molecular complexity index is 878. The van der Waals surface area contributed by atoms with E-state index >= 15 is 0 Å². The van der Waals surface area contributed by atoms with Gasteiger partial charge in [0.25, 0.3) is 0 Å². The standard InChI is InChI=1S/C25H32N2O3/c1-3-5-10-18(4-2)17-30-23-16-7-6-14-22(23)27-25(29)24(28)26-21-15-9-12-19-11-8-13-20(19)21/h6-7,9,12,14-16,18H,3-5,8,10-11,13,17H2,1-2H3,(H,26,28)(H,27,29). The predicted molar refractivity (Wildman–Crippen MR) is 121 cm³/mol. The zero-order valence-electron chi connectivity index (χ0n) is 18.0. The number of aryl methyl sites for hydroxylation is 1. The van der Waals surface area contributed by atoms with Gasteiger partial charge < -0.3 is 15.4 Å². The van der Waals surface area contributed by atoms with Gasteiger partial charge in [-0.2, -0.15) is 0 Å². The molecule has 0 aliphatic heterocycles. The van der Waals surface area contributed by atoms with Crippen molar-refractivity contribution in [3.63, 3.8) is 0 Å². The Morgan fingerprint density at radius 1 is 0.967 bits per heavy atom. The van der Waals surface area contributed by atoms with E-state index in [-0.39, 0.29) is 0 Å². The van der Waals surface area contributed by atoms with Gasteiger partial charge in [-0.25, -0.2) is 0 Å². The van der Waals surface area contributed by atoms with E-state index in [0.717, 1.165) is 43.4 Å². The summed E-state index contributed by atoms with van der Waals surface area (Å²) in [4.78, 5) is 25.0. The zero-order valence-corrected chi connectivity index (χ0v) is 18.0. The number of fused-ring (bicyclic) bond motifs is 1. The van der Waals surface area contributed by atoms with Crippen LogP contribution in [0.5, 0.6) is 5.75 Å². The summed E-state index contributed by atoms with van der Waals surface area (Å²) in [7, 11) is 0. The van der Waals surface area contributed by atoms with Crippen LogP contribution in [0, 0.1) is 5.92 Å². The van der Waals surface area contributed by atoms with Crippen LogP contribution in [-0.4, -0.2) is 18.4 Å². The first-order valence-electron chi connectivity index (χ1n) is 11.1. The maximum atomic E-state index is 12.5.